The molecular formula is C8H14O. The summed E-state index contributed by atoms with van der Waals surface area (Å²) in [5.41, 5.74) is 0. The Balaban J connectivity index is 2.33. The van der Waals surface area contributed by atoms with Crippen molar-refractivity contribution >= 4 is 0 Å². The zero-order valence-corrected chi connectivity index (χ0v) is 5.88. The van der Waals surface area contributed by atoms with Crippen LogP contribution in [0.4, 0.5) is 0 Å². The average Bonchev–Trinajstić information content (AvgIpc) is 2.37. The lowest BCUT2D eigenvalue weighted by Crippen LogP contribution is -2.14. The fraction of sp³-hybridized carbons (Fsp3) is 0.750. The molecule has 0 saturated heterocycles. The van der Waals surface area contributed by atoms with Crippen LogP contribution in [0.25, 0.3) is 0 Å². The van der Waals surface area contributed by atoms with E-state index in [1.54, 1.807) is 0 Å². The van der Waals surface area contributed by atoms with Crippen LogP contribution in [-0.4, -0.2) is 11.2 Å². The van der Waals surface area contributed by atoms with Gasteiger partial charge in [-0.1, -0.05) is 19.1 Å². The molecule has 0 aliphatic heterocycles. The highest BCUT2D eigenvalue weighted by Crippen LogP contribution is 2.21. The van der Waals surface area contributed by atoms with Gasteiger partial charge in [0, 0.05) is 5.92 Å². The Hall–Kier alpha value is -0.300. The molecule has 2 atom stereocenters. The molecule has 1 aliphatic carbocycles. The van der Waals surface area contributed by atoms with Crippen molar-refractivity contribution in [3.63, 3.8) is 0 Å². The Morgan fingerprint density at radius 1 is 1.78 bits per heavy atom. The predicted molar refractivity (Wildman–Crippen MR) is 38.2 cm³/mol. The van der Waals surface area contributed by atoms with E-state index in [9.17, 15) is 5.11 Å². The summed E-state index contributed by atoms with van der Waals surface area (Å²) in [7, 11) is 0. The van der Waals surface area contributed by atoms with E-state index in [0.29, 0.717) is 5.92 Å². The lowest BCUT2D eigenvalue weighted by atomic mass is 10.0. The number of hydrogen-bond donors (Lipinski definition) is 1. The van der Waals surface area contributed by atoms with E-state index in [1.165, 1.54) is 0 Å². The first kappa shape index (κ1) is 6.81. The van der Waals surface area contributed by atoms with Gasteiger partial charge in [-0.05, 0) is 19.3 Å². The molecule has 0 bridgehead atoms. The molecule has 52 valence electrons. The molecule has 1 rings (SSSR count). The molecule has 0 heterocycles. The molecule has 9 heavy (non-hydrogen) atoms. The van der Waals surface area contributed by atoms with Crippen LogP contribution in [0.5, 0.6) is 0 Å². The third-order valence-corrected chi connectivity index (χ3v) is 1.96. The van der Waals surface area contributed by atoms with Crippen molar-refractivity contribution in [1.29, 1.82) is 0 Å². The van der Waals surface area contributed by atoms with E-state index in [0.717, 1.165) is 19.3 Å². The normalized spacial score (nSPS) is 28.9. The molecule has 0 radical (unpaired) electrons. The van der Waals surface area contributed by atoms with Crippen LogP contribution < -0.4 is 0 Å². The summed E-state index contributed by atoms with van der Waals surface area (Å²) in [5, 5.41) is 9.31. The Bertz CT molecular complexity index is 107. The van der Waals surface area contributed by atoms with Crippen molar-refractivity contribution in [2.45, 2.75) is 32.3 Å². The maximum atomic E-state index is 9.31. The lowest BCUT2D eigenvalue weighted by molar-refractivity contribution is 0.125. The van der Waals surface area contributed by atoms with Crippen LogP contribution in [-0.2, 0) is 0 Å². The zero-order valence-electron chi connectivity index (χ0n) is 5.88. The van der Waals surface area contributed by atoms with Crippen molar-refractivity contribution < 1.29 is 5.11 Å². The summed E-state index contributed by atoms with van der Waals surface area (Å²) in [5.74, 6) is 0.454. The molecule has 0 fully saturated rings. The highest BCUT2D eigenvalue weighted by atomic mass is 16.3. The molecule has 0 saturated carbocycles. The van der Waals surface area contributed by atoms with Crippen molar-refractivity contribution in [3.8, 4) is 0 Å². The van der Waals surface area contributed by atoms with E-state index < -0.39 is 0 Å². The van der Waals surface area contributed by atoms with Crippen LogP contribution in [0.3, 0.4) is 0 Å². The number of hydrogen-bond acceptors (Lipinski definition) is 1. The van der Waals surface area contributed by atoms with E-state index >= 15 is 0 Å². The second-order valence-electron chi connectivity index (χ2n) is 2.64. The SMILES string of the molecule is CCC(O)C1C=CCC1. The Kier molecular flexibility index (Phi) is 2.29. The van der Waals surface area contributed by atoms with Crippen LogP contribution in [0.1, 0.15) is 26.2 Å². The minimum atomic E-state index is -0.0938. The fourth-order valence-corrected chi connectivity index (χ4v) is 1.28. The van der Waals surface area contributed by atoms with Gasteiger partial charge in [-0.3, -0.25) is 0 Å². The van der Waals surface area contributed by atoms with Crippen molar-refractivity contribution in [2.24, 2.45) is 5.92 Å². The summed E-state index contributed by atoms with van der Waals surface area (Å²) in [6.07, 6.45) is 7.38. The van der Waals surface area contributed by atoms with Gasteiger partial charge in [0.2, 0.25) is 0 Å². The van der Waals surface area contributed by atoms with Crippen LogP contribution in [0, 0.1) is 5.92 Å². The lowest BCUT2D eigenvalue weighted by Gasteiger charge is -2.12. The van der Waals surface area contributed by atoms with Crippen molar-refractivity contribution in [1.82, 2.24) is 0 Å². The summed E-state index contributed by atoms with van der Waals surface area (Å²) < 4.78 is 0. The van der Waals surface area contributed by atoms with Gasteiger partial charge >= 0.3 is 0 Å². The minimum Gasteiger partial charge on any atom is -0.393 e. The first-order valence-corrected chi connectivity index (χ1v) is 3.69. The topological polar surface area (TPSA) is 20.2 Å². The smallest absolute Gasteiger partial charge is 0.0600 e. The highest BCUT2D eigenvalue weighted by Gasteiger charge is 2.16. The Morgan fingerprint density at radius 2 is 2.56 bits per heavy atom. The molecule has 0 spiro atoms. The molecule has 2 unspecified atom stereocenters. The summed E-state index contributed by atoms with van der Waals surface area (Å²) >= 11 is 0. The summed E-state index contributed by atoms with van der Waals surface area (Å²) in [4.78, 5) is 0. The van der Waals surface area contributed by atoms with Gasteiger partial charge in [0.1, 0.15) is 0 Å². The molecule has 0 aromatic heterocycles. The number of aliphatic hydroxyl groups excluding tert-OH is 1. The van der Waals surface area contributed by atoms with Gasteiger partial charge in [0.25, 0.3) is 0 Å². The van der Waals surface area contributed by atoms with Crippen LogP contribution in [0.2, 0.25) is 0 Å². The van der Waals surface area contributed by atoms with Gasteiger partial charge in [-0.25, -0.2) is 0 Å². The van der Waals surface area contributed by atoms with E-state index in [1.807, 2.05) is 6.92 Å². The first-order chi connectivity index (χ1) is 4.34. The highest BCUT2D eigenvalue weighted by molar-refractivity contribution is 4.98. The number of allylic oxidation sites excluding steroid dienone is 1. The standard InChI is InChI=1S/C8H14O/c1-2-8(9)7-5-3-4-6-7/h3,5,7-9H,2,4,6H2,1H3. The number of rotatable bonds is 2. The van der Waals surface area contributed by atoms with Crippen LogP contribution in [0.15, 0.2) is 12.2 Å². The Labute approximate surface area is 56.4 Å². The van der Waals surface area contributed by atoms with Crippen molar-refractivity contribution in [3.05, 3.63) is 12.2 Å². The molecule has 0 amide bonds. The second-order valence-corrected chi connectivity index (χ2v) is 2.64. The maximum Gasteiger partial charge on any atom is 0.0600 e. The second kappa shape index (κ2) is 3.02. The molecule has 0 aromatic rings. The predicted octanol–water partition coefficient (Wildman–Crippen LogP) is 1.72. The largest absolute Gasteiger partial charge is 0.393 e. The quantitative estimate of drug-likeness (QED) is 0.558. The van der Waals surface area contributed by atoms with E-state index in [2.05, 4.69) is 12.2 Å². The molecule has 1 aliphatic rings. The minimum absolute atomic E-state index is 0.0938. The average molecular weight is 126 g/mol. The fourth-order valence-electron chi connectivity index (χ4n) is 1.28. The summed E-state index contributed by atoms with van der Waals surface area (Å²) in [6, 6.07) is 0. The maximum absolute atomic E-state index is 9.31. The van der Waals surface area contributed by atoms with Gasteiger partial charge < -0.3 is 5.11 Å². The molecule has 1 N–H and O–H groups in total. The monoisotopic (exact) mass is 126 g/mol. The summed E-state index contributed by atoms with van der Waals surface area (Å²) in [6.45, 7) is 2.02. The van der Waals surface area contributed by atoms with Crippen LogP contribution >= 0.6 is 0 Å². The van der Waals surface area contributed by atoms with Crippen molar-refractivity contribution in [2.75, 3.05) is 0 Å². The van der Waals surface area contributed by atoms with E-state index in [-0.39, 0.29) is 6.10 Å². The van der Waals surface area contributed by atoms with E-state index in [4.69, 9.17) is 0 Å². The molecule has 1 nitrogen and oxygen atoms in total. The molecule has 0 aromatic carbocycles. The van der Waals surface area contributed by atoms with Gasteiger partial charge in [0.05, 0.1) is 6.10 Å². The number of aliphatic hydroxyl groups is 1. The third kappa shape index (κ3) is 1.55. The van der Waals surface area contributed by atoms with Gasteiger partial charge in [-0.2, -0.15) is 0 Å². The first-order valence-electron chi connectivity index (χ1n) is 3.69. The molecule has 1 heteroatoms. The van der Waals surface area contributed by atoms with Gasteiger partial charge in [-0.15, -0.1) is 0 Å². The molecular weight excluding hydrogens is 112 g/mol. The van der Waals surface area contributed by atoms with Gasteiger partial charge in [0.15, 0.2) is 0 Å². The zero-order chi connectivity index (χ0) is 6.69. The third-order valence-electron chi connectivity index (χ3n) is 1.96. The Morgan fingerprint density at radius 3 is 3.00 bits per heavy atom.